The number of thiazole rings is 1. The second-order valence-corrected chi connectivity index (χ2v) is 5.12. The molecule has 15 heavy (non-hydrogen) atoms. The zero-order valence-electron chi connectivity index (χ0n) is 9.22. The molecular weight excluding hydrogens is 206 g/mol. The van der Waals surface area contributed by atoms with E-state index in [0.29, 0.717) is 12.1 Å². The van der Waals surface area contributed by atoms with Crippen LogP contribution in [0, 0.1) is 0 Å². The second kappa shape index (κ2) is 5.05. The highest BCUT2D eigenvalue weighted by Gasteiger charge is 2.22. The van der Waals surface area contributed by atoms with E-state index in [9.17, 15) is 0 Å². The lowest BCUT2D eigenvalue weighted by Gasteiger charge is -2.36. The largest absolute Gasteiger partial charge is 0.328 e. The number of likely N-dealkylation sites (tertiary alicyclic amines) is 1. The van der Waals surface area contributed by atoms with E-state index in [2.05, 4.69) is 22.2 Å². The van der Waals surface area contributed by atoms with E-state index in [0.717, 1.165) is 32.4 Å². The number of nitrogens with zero attached hydrogens (tertiary/aromatic N) is 2. The molecule has 3 nitrogen and oxygen atoms in total. The monoisotopic (exact) mass is 225 g/mol. The minimum Gasteiger partial charge on any atom is -0.328 e. The van der Waals surface area contributed by atoms with Gasteiger partial charge in [0.1, 0.15) is 0 Å². The first-order valence-corrected chi connectivity index (χ1v) is 6.56. The smallest absolute Gasteiger partial charge is 0.0794 e. The highest BCUT2D eigenvalue weighted by molar-refractivity contribution is 7.07. The second-order valence-electron chi connectivity index (χ2n) is 4.40. The molecule has 1 aliphatic rings. The third kappa shape index (κ3) is 3.00. The predicted molar refractivity (Wildman–Crippen MR) is 64.1 cm³/mol. The van der Waals surface area contributed by atoms with Gasteiger partial charge in [-0.2, -0.15) is 0 Å². The molecule has 2 rings (SSSR count). The van der Waals surface area contributed by atoms with Crippen LogP contribution in [-0.4, -0.2) is 35.1 Å². The Balaban J connectivity index is 1.79. The summed E-state index contributed by atoms with van der Waals surface area (Å²) in [6, 6.07) is 1.04. The molecule has 1 aromatic heterocycles. The molecule has 0 aromatic carbocycles. The first kappa shape index (κ1) is 11.0. The van der Waals surface area contributed by atoms with Crippen molar-refractivity contribution in [2.24, 2.45) is 5.73 Å². The Morgan fingerprint density at radius 1 is 1.67 bits per heavy atom. The molecule has 0 radical (unpaired) electrons. The standard InChI is InChI=1S/C11H19N3S/c1-9-6-10(12)2-4-14(9)5-3-11-7-15-8-13-11/h7-10H,2-6,12H2,1H3. The van der Waals surface area contributed by atoms with Gasteiger partial charge in [0.2, 0.25) is 0 Å². The van der Waals surface area contributed by atoms with Crippen molar-refractivity contribution in [1.29, 1.82) is 0 Å². The van der Waals surface area contributed by atoms with E-state index in [1.54, 1.807) is 11.3 Å². The SMILES string of the molecule is CC1CC(N)CCN1CCc1cscn1. The Bertz CT molecular complexity index is 286. The normalized spacial score (nSPS) is 28.1. The molecule has 2 N–H and O–H groups in total. The van der Waals surface area contributed by atoms with Crippen molar-refractivity contribution in [2.45, 2.75) is 38.3 Å². The Hall–Kier alpha value is -0.450. The third-order valence-electron chi connectivity index (χ3n) is 3.19. The minimum atomic E-state index is 0.413. The molecule has 0 amide bonds. The maximum atomic E-state index is 5.94. The summed E-state index contributed by atoms with van der Waals surface area (Å²) in [4.78, 5) is 6.84. The van der Waals surface area contributed by atoms with Crippen molar-refractivity contribution in [2.75, 3.05) is 13.1 Å². The van der Waals surface area contributed by atoms with Gasteiger partial charge in [-0.25, -0.2) is 4.98 Å². The molecule has 1 fully saturated rings. The molecule has 0 aliphatic carbocycles. The van der Waals surface area contributed by atoms with Gasteiger partial charge in [0.05, 0.1) is 11.2 Å². The molecular formula is C11H19N3S. The zero-order chi connectivity index (χ0) is 10.7. The number of hydrogen-bond donors (Lipinski definition) is 1. The van der Waals surface area contributed by atoms with Gasteiger partial charge in [0.25, 0.3) is 0 Å². The summed E-state index contributed by atoms with van der Waals surface area (Å²) in [5.41, 5.74) is 9.07. The number of aromatic nitrogens is 1. The molecule has 0 bridgehead atoms. The highest BCUT2D eigenvalue weighted by atomic mass is 32.1. The molecule has 0 saturated carbocycles. The number of hydrogen-bond acceptors (Lipinski definition) is 4. The fraction of sp³-hybridized carbons (Fsp3) is 0.727. The summed E-state index contributed by atoms with van der Waals surface area (Å²) in [5, 5.41) is 2.14. The lowest BCUT2D eigenvalue weighted by Crippen LogP contribution is -2.46. The van der Waals surface area contributed by atoms with Crippen molar-refractivity contribution in [1.82, 2.24) is 9.88 Å². The summed E-state index contributed by atoms with van der Waals surface area (Å²) in [5.74, 6) is 0. The fourth-order valence-electron chi connectivity index (χ4n) is 2.21. The Labute approximate surface area is 95.3 Å². The van der Waals surface area contributed by atoms with E-state index in [4.69, 9.17) is 5.73 Å². The minimum absolute atomic E-state index is 0.413. The van der Waals surface area contributed by atoms with Crippen molar-refractivity contribution in [3.8, 4) is 0 Å². The van der Waals surface area contributed by atoms with Crippen molar-refractivity contribution < 1.29 is 0 Å². The van der Waals surface area contributed by atoms with Gasteiger partial charge in [-0.1, -0.05) is 0 Å². The van der Waals surface area contributed by atoms with Crippen molar-refractivity contribution in [3.05, 3.63) is 16.6 Å². The van der Waals surface area contributed by atoms with Crippen LogP contribution >= 0.6 is 11.3 Å². The first-order chi connectivity index (χ1) is 7.25. The lowest BCUT2D eigenvalue weighted by molar-refractivity contribution is 0.149. The fourth-order valence-corrected chi connectivity index (χ4v) is 2.80. The van der Waals surface area contributed by atoms with Crippen LogP contribution in [0.1, 0.15) is 25.5 Å². The van der Waals surface area contributed by atoms with Gasteiger partial charge in [0.15, 0.2) is 0 Å². The molecule has 1 aliphatic heterocycles. The molecule has 2 heterocycles. The molecule has 1 saturated heterocycles. The van der Waals surface area contributed by atoms with E-state index < -0.39 is 0 Å². The van der Waals surface area contributed by atoms with E-state index in [-0.39, 0.29) is 0 Å². The van der Waals surface area contributed by atoms with E-state index >= 15 is 0 Å². The van der Waals surface area contributed by atoms with Crippen LogP contribution in [0.3, 0.4) is 0 Å². The summed E-state index contributed by atoms with van der Waals surface area (Å²) in [6.45, 7) is 4.55. The quantitative estimate of drug-likeness (QED) is 0.847. The van der Waals surface area contributed by atoms with Gasteiger partial charge < -0.3 is 10.6 Å². The van der Waals surface area contributed by atoms with Crippen LogP contribution in [0.25, 0.3) is 0 Å². The van der Waals surface area contributed by atoms with Gasteiger partial charge >= 0.3 is 0 Å². The maximum absolute atomic E-state index is 5.94. The van der Waals surface area contributed by atoms with Crippen LogP contribution in [0.2, 0.25) is 0 Å². The van der Waals surface area contributed by atoms with Crippen molar-refractivity contribution in [3.63, 3.8) is 0 Å². The first-order valence-electron chi connectivity index (χ1n) is 5.62. The molecule has 0 spiro atoms. The van der Waals surface area contributed by atoms with E-state index in [1.807, 2.05) is 5.51 Å². The highest BCUT2D eigenvalue weighted by Crippen LogP contribution is 2.16. The van der Waals surface area contributed by atoms with E-state index in [1.165, 1.54) is 5.69 Å². The number of rotatable bonds is 3. The molecule has 2 unspecified atom stereocenters. The summed E-state index contributed by atoms with van der Waals surface area (Å²) < 4.78 is 0. The zero-order valence-corrected chi connectivity index (χ0v) is 10.0. The lowest BCUT2D eigenvalue weighted by atomic mass is 9.99. The summed E-state index contributed by atoms with van der Waals surface area (Å²) in [6.07, 6.45) is 3.35. The molecule has 4 heteroatoms. The summed E-state index contributed by atoms with van der Waals surface area (Å²) in [7, 11) is 0. The average Bonchev–Trinajstić information content (AvgIpc) is 2.69. The number of piperidine rings is 1. The Kier molecular flexibility index (Phi) is 3.72. The third-order valence-corrected chi connectivity index (χ3v) is 3.83. The predicted octanol–water partition coefficient (Wildman–Crippen LogP) is 1.50. The van der Waals surface area contributed by atoms with Gasteiger partial charge in [-0.05, 0) is 26.3 Å². The van der Waals surface area contributed by atoms with Crippen LogP contribution in [0.15, 0.2) is 10.9 Å². The Morgan fingerprint density at radius 2 is 2.53 bits per heavy atom. The Morgan fingerprint density at radius 3 is 3.20 bits per heavy atom. The van der Waals surface area contributed by atoms with Crippen LogP contribution < -0.4 is 5.73 Å². The van der Waals surface area contributed by atoms with Crippen LogP contribution in [0.4, 0.5) is 0 Å². The van der Waals surface area contributed by atoms with Gasteiger partial charge in [-0.3, -0.25) is 0 Å². The van der Waals surface area contributed by atoms with Gasteiger partial charge in [-0.15, -0.1) is 11.3 Å². The van der Waals surface area contributed by atoms with Crippen LogP contribution in [-0.2, 0) is 6.42 Å². The summed E-state index contributed by atoms with van der Waals surface area (Å²) >= 11 is 1.68. The topological polar surface area (TPSA) is 42.1 Å². The molecule has 2 atom stereocenters. The van der Waals surface area contributed by atoms with Gasteiger partial charge in [0, 0.05) is 30.4 Å². The molecule has 1 aromatic rings. The van der Waals surface area contributed by atoms with Crippen LogP contribution in [0.5, 0.6) is 0 Å². The average molecular weight is 225 g/mol. The maximum Gasteiger partial charge on any atom is 0.0794 e. The number of nitrogens with two attached hydrogens (primary N) is 1. The molecule has 84 valence electrons. The van der Waals surface area contributed by atoms with Crippen molar-refractivity contribution >= 4 is 11.3 Å².